The van der Waals surface area contributed by atoms with Gasteiger partial charge in [0.2, 0.25) is 0 Å². The highest BCUT2D eigenvalue weighted by Crippen LogP contribution is 2.15. The van der Waals surface area contributed by atoms with Gasteiger partial charge in [-0.3, -0.25) is 4.98 Å². The number of benzene rings is 1. The number of halogens is 1. The molecular formula is C15H17FN4O. The molecule has 1 heterocycles. The molecular weight excluding hydrogens is 271 g/mol. The van der Waals surface area contributed by atoms with Crippen molar-refractivity contribution in [1.82, 2.24) is 10.3 Å². The first-order valence-electron chi connectivity index (χ1n) is 6.53. The van der Waals surface area contributed by atoms with Crippen LogP contribution in [-0.4, -0.2) is 16.0 Å². The number of nitrogens with one attached hydrogen (secondary N) is 1. The van der Waals surface area contributed by atoms with Crippen molar-refractivity contribution >= 4 is 5.84 Å². The smallest absolute Gasteiger partial charge is 0.173 e. The topological polar surface area (TPSA) is 83.5 Å². The summed E-state index contributed by atoms with van der Waals surface area (Å²) in [6.45, 7) is 2.27. The van der Waals surface area contributed by atoms with Gasteiger partial charge in [0, 0.05) is 24.3 Å². The van der Waals surface area contributed by atoms with Gasteiger partial charge >= 0.3 is 0 Å². The predicted octanol–water partition coefficient (Wildman–Crippen LogP) is 2.17. The van der Waals surface area contributed by atoms with Crippen molar-refractivity contribution in [3.63, 3.8) is 0 Å². The first kappa shape index (κ1) is 14.9. The fourth-order valence-electron chi connectivity index (χ4n) is 1.97. The largest absolute Gasteiger partial charge is 0.409 e. The van der Waals surface area contributed by atoms with E-state index in [1.165, 1.54) is 6.07 Å². The summed E-state index contributed by atoms with van der Waals surface area (Å²) < 4.78 is 14.2. The Bertz CT molecular complexity index is 631. The summed E-state index contributed by atoms with van der Waals surface area (Å²) in [5.41, 5.74) is 6.85. The summed E-state index contributed by atoms with van der Waals surface area (Å²) in [7, 11) is 0. The summed E-state index contributed by atoms with van der Waals surface area (Å²) in [4.78, 5) is 4.24. The Hall–Kier alpha value is -2.47. The number of nitrogens with zero attached hydrogens (tertiary/aromatic N) is 2. The Morgan fingerprint density at radius 2 is 2.19 bits per heavy atom. The second-order valence-corrected chi connectivity index (χ2v) is 4.62. The van der Waals surface area contributed by atoms with Gasteiger partial charge in [-0.25, -0.2) is 4.39 Å². The van der Waals surface area contributed by atoms with Crippen molar-refractivity contribution in [3.8, 4) is 0 Å². The second kappa shape index (κ2) is 6.81. The van der Waals surface area contributed by atoms with Gasteiger partial charge in [0.05, 0.1) is 11.3 Å². The Morgan fingerprint density at radius 1 is 1.38 bits per heavy atom. The van der Waals surface area contributed by atoms with E-state index in [-0.39, 0.29) is 17.4 Å². The molecule has 0 spiro atoms. The van der Waals surface area contributed by atoms with Gasteiger partial charge in [-0.2, -0.15) is 0 Å². The minimum Gasteiger partial charge on any atom is -0.409 e. The number of rotatable bonds is 5. The summed E-state index contributed by atoms with van der Waals surface area (Å²) in [6.07, 6.45) is 1.72. The van der Waals surface area contributed by atoms with Crippen LogP contribution in [-0.2, 0) is 6.54 Å². The van der Waals surface area contributed by atoms with Crippen LogP contribution in [0.1, 0.15) is 29.8 Å². The Kier molecular flexibility index (Phi) is 4.84. The lowest BCUT2D eigenvalue weighted by atomic mass is 10.1. The minimum atomic E-state index is -0.492. The first-order valence-corrected chi connectivity index (χ1v) is 6.53. The van der Waals surface area contributed by atoms with Crippen molar-refractivity contribution < 1.29 is 9.60 Å². The van der Waals surface area contributed by atoms with E-state index in [0.29, 0.717) is 12.1 Å². The molecule has 0 fully saturated rings. The van der Waals surface area contributed by atoms with Gasteiger partial charge in [0.25, 0.3) is 0 Å². The van der Waals surface area contributed by atoms with Crippen molar-refractivity contribution in [2.24, 2.45) is 10.9 Å². The molecule has 0 aliphatic carbocycles. The highest BCUT2D eigenvalue weighted by Gasteiger charge is 2.12. The molecule has 0 saturated heterocycles. The maximum absolute atomic E-state index is 14.2. The Labute approximate surface area is 122 Å². The number of hydrogen-bond donors (Lipinski definition) is 3. The van der Waals surface area contributed by atoms with E-state index in [0.717, 1.165) is 5.69 Å². The molecule has 0 radical (unpaired) electrons. The van der Waals surface area contributed by atoms with Crippen molar-refractivity contribution in [1.29, 1.82) is 0 Å². The number of amidine groups is 1. The molecule has 0 unspecified atom stereocenters. The lowest BCUT2D eigenvalue weighted by Crippen LogP contribution is -2.21. The standard InChI is InChI=1S/C15H17FN4O/c1-10(13-7-2-3-8-18-13)19-9-11-5-4-6-12(14(11)16)15(17)20-21/h2-8,10,19,21H,9H2,1H3,(H2,17,20)/t10-/m1/s1. The number of aromatic nitrogens is 1. The van der Waals surface area contributed by atoms with E-state index in [4.69, 9.17) is 10.9 Å². The highest BCUT2D eigenvalue weighted by molar-refractivity contribution is 5.97. The SMILES string of the molecule is C[C@@H](NCc1cccc(/C(N)=N/O)c1F)c1ccccn1. The zero-order valence-electron chi connectivity index (χ0n) is 11.6. The monoisotopic (exact) mass is 288 g/mol. The van der Waals surface area contributed by atoms with Crippen LogP contribution in [0.25, 0.3) is 0 Å². The van der Waals surface area contributed by atoms with Crippen molar-refractivity contribution in [2.75, 3.05) is 0 Å². The molecule has 1 aromatic heterocycles. The zero-order valence-corrected chi connectivity index (χ0v) is 11.6. The lowest BCUT2D eigenvalue weighted by molar-refractivity contribution is 0.318. The molecule has 0 saturated carbocycles. The highest BCUT2D eigenvalue weighted by atomic mass is 19.1. The maximum atomic E-state index is 14.2. The summed E-state index contributed by atoms with van der Waals surface area (Å²) in [5.74, 6) is -0.736. The number of hydrogen-bond acceptors (Lipinski definition) is 4. The van der Waals surface area contributed by atoms with Crippen LogP contribution in [0.4, 0.5) is 4.39 Å². The summed E-state index contributed by atoms with van der Waals surface area (Å²) in [5, 5.41) is 14.7. The van der Waals surface area contributed by atoms with Crippen LogP contribution in [0.3, 0.4) is 0 Å². The molecule has 5 nitrogen and oxygen atoms in total. The average Bonchev–Trinajstić information content (AvgIpc) is 2.53. The van der Waals surface area contributed by atoms with Crippen LogP contribution in [0.2, 0.25) is 0 Å². The molecule has 21 heavy (non-hydrogen) atoms. The van der Waals surface area contributed by atoms with Crippen LogP contribution in [0.15, 0.2) is 47.8 Å². The van der Waals surface area contributed by atoms with E-state index in [1.807, 2.05) is 25.1 Å². The van der Waals surface area contributed by atoms with Crippen molar-refractivity contribution in [3.05, 3.63) is 65.2 Å². The number of nitrogens with two attached hydrogens (primary N) is 1. The van der Waals surface area contributed by atoms with Gasteiger partial charge in [0.1, 0.15) is 5.82 Å². The average molecular weight is 288 g/mol. The van der Waals surface area contributed by atoms with E-state index in [2.05, 4.69) is 15.5 Å². The second-order valence-electron chi connectivity index (χ2n) is 4.62. The third-order valence-corrected chi connectivity index (χ3v) is 3.19. The maximum Gasteiger partial charge on any atom is 0.173 e. The van der Waals surface area contributed by atoms with Crippen LogP contribution in [0.5, 0.6) is 0 Å². The predicted molar refractivity (Wildman–Crippen MR) is 78.4 cm³/mol. The molecule has 2 rings (SSSR count). The number of pyridine rings is 1. The Balaban J connectivity index is 2.11. The molecule has 0 bridgehead atoms. The Morgan fingerprint density at radius 3 is 2.86 bits per heavy atom. The summed E-state index contributed by atoms with van der Waals surface area (Å²) in [6, 6.07) is 10.4. The van der Waals surface area contributed by atoms with Crippen molar-refractivity contribution in [2.45, 2.75) is 19.5 Å². The van der Waals surface area contributed by atoms with Crippen LogP contribution >= 0.6 is 0 Å². The summed E-state index contributed by atoms with van der Waals surface area (Å²) >= 11 is 0. The first-order chi connectivity index (χ1) is 10.1. The molecule has 2 aromatic rings. The van der Waals surface area contributed by atoms with Gasteiger partial charge in [-0.1, -0.05) is 23.4 Å². The van der Waals surface area contributed by atoms with E-state index in [9.17, 15) is 4.39 Å². The third kappa shape index (κ3) is 3.55. The third-order valence-electron chi connectivity index (χ3n) is 3.19. The minimum absolute atomic E-state index is 0.0156. The van der Waals surface area contributed by atoms with Gasteiger partial charge in [-0.05, 0) is 25.1 Å². The molecule has 6 heteroatoms. The molecule has 0 aliphatic rings. The fraction of sp³-hybridized carbons (Fsp3) is 0.200. The molecule has 0 amide bonds. The van der Waals surface area contributed by atoms with Crippen LogP contribution in [0, 0.1) is 5.82 Å². The van der Waals surface area contributed by atoms with Gasteiger partial charge < -0.3 is 16.3 Å². The van der Waals surface area contributed by atoms with E-state index in [1.54, 1.807) is 18.3 Å². The van der Waals surface area contributed by atoms with E-state index < -0.39 is 5.82 Å². The van der Waals surface area contributed by atoms with Gasteiger partial charge in [-0.15, -0.1) is 0 Å². The zero-order chi connectivity index (χ0) is 15.2. The van der Waals surface area contributed by atoms with E-state index >= 15 is 0 Å². The number of oxime groups is 1. The lowest BCUT2D eigenvalue weighted by Gasteiger charge is -2.14. The fourth-order valence-corrected chi connectivity index (χ4v) is 1.97. The van der Waals surface area contributed by atoms with Gasteiger partial charge in [0.15, 0.2) is 5.84 Å². The molecule has 110 valence electrons. The quantitative estimate of drug-likeness (QED) is 0.341. The van der Waals surface area contributed by atoms with Crippen LogP contribution < -0.4 is 11.1 Å². The molecule has 4 N–H and O–H groups in total. The molecule has 0 aliphatic heterocycles. The normalized spacial score (nSPS) is 13.1. The molecule has 1 atom stereocenters. The molecule has 1 aromatic carbocycles.